The van der Waals surface area contributed by atoms with Crippen molar-refractivity contribution < 1.29 is 23.8 Å². The number of allylic oxidation sites excluding steroid dienone is 1. The number of esters is 1. The van der Waals surface area contributed by atoms with Crippen molar-refractivity contribution in [2.75, 3.05) is 6.79 Å². The lowest BCUT2D eigenvalue weighted by atomic mass is 9.94. The molecular formula is C27H27N3O5S. The number of fused-ring (bicyclic) bond motifs is 2. The Morgan fingerprint density at radius 1 is 1.17 bits per heavy atom. The average molecular weight is 506 g/mol. The Kier molecular flexibility index (Phi) is 6.73. The Balaban J connectivity index is 1.35. The van der Waals surface area contributed by atoms with Gasteiger partial charge in [0.15, 0.2) is 16.7 Å². The summed E-state index contributed by atoms with van der Waals surface area (Å²) in [6.07, 6.45) is -0.115. The van der Waals surface area contributed by atoms with Crippen molar-refractivity contribution in [2.45, 2.75) is 45.9 Å². The van der Waals surface area contributed by atoms with Gasteiger partial charge in [0, 0.05) is 12.2 Å². The van der Waals surface area contributed by atoms with E-state index in [1.807, 2.05) is 79.6 Å². The van der Waals surface area contributed by atoms with E-state index in [0.29, 0.717) is 29.3 Å². The fourth-order valence-electron chi connectivity index (χ4n) is 4.34. The van der Waals surface area contributed by atoms with Gasteiger partial charge in [-0.15, -0.1) is 0 Å². The summed E-state index contributed by atoms with van der Waals surface area (Å²) in [5.41, 5.74) is 3.72. The van der Waals surface area contributed by atoms with Crippen LogP contribution < -0.4 is 14.8 Å². The van der Waals surface area contributed by atoms with E-state index in [1.54, 1.807) is 0 Å². The van der Waals surface area contributed by atoms with E-state index in [-0.39, 0.29) is 25.2 Å². The van der Waals surface area contributed by atoms with Crippen LogP contribution in [0.3, 0.4) is 0 Å². The number of nitrogens with zero attached hydrogens (tertiary/aromatic N) is 2. The number of amidine groups is 1. The summed E-state index contributed by atoms with van der Waals surface area (Å²) in [5, 5.41) is 5.65. The molecule has 2 aromatic carbocycles. The molecule has 0 radical (unpaired) electrons. The van der Waals surface area contributed by atoms with Crippen LogP contribution in [0.1, 0.15) is 44.4 Å². The zero-order chi connectivity index (χ0) is 25.2. The molecule has 2 aromatic rings. The summed E-state index contributed by atoms with van der Waals surface area (Å²) >= 11 is 1.45. The lowest BCUT2D eigenvalue weighted by molar-refractivity contribution is -0.143. The number of thioether (sulfide) groups is 1. The average Bonchev–Trinajstić information content (AvgIpc) is 3.48. The molecule has 8 nitrogen and oxygen atoms in total. The van der Waals surface area contributed by atoms with Crippen molar-refractivity contribution in [2.24, 2.45) is 4.99 Å². The van der Waals surface area contributed by atoms with Gasteiger partial charge in [-0.2, -0.15) is 0 Å². The smallest absolute Gasteiger partial charge is 0.338 e. The third-order valence-electron chi connectivity index (χ3n) is 5.95. The van der Waals surface area contributed by atoms with Gasteiger partial charge in [0.2, 0.25) is 12.7 Å². The maximum Gasteiger partial charge on any atom is 0.338 e. The molecule has 0 saturated heterocycles. The predicted octanol–water partition coefficient (Wildman–Crippen LogP) is 4.65. The summed E-state index contributed by atoms with van der Waals surface area (Å²) in [6.45, 7) is 6.05. The third-order valence-corrected chi connectivity index (χ3v) is 6.84. The number of carbonyl (C=O) groups excluding carboxylic acids is 2. The molecule has 5 rings (SSSR count). The highest BCUT2D eigenvalue weighted by Crippen LogP contribution is 2.44. The minimum Gasteiger partial charge on any atom is -0.459 e. The molecule has 1 atom stereocenters. The molecule has 0 bridgehead atoms. The summed E-state index contributed by atoms with van der Waals surface area (Å²) in [7, 11) is 0. The fraction of sp³-hybridized carbons (Fsp3) is 0.296. The van der Waals surface area contributed by atoms with Gasteiger partial charge in [0.05, 0.1) is 29.8 Å². The van der Waals surface area contributed by atoms with E-state index in [2.05, 4.69) is 10.3 Å². The van der Waals surface area contributed by atoms with Crippen LogP contribution in [0.2, 0.25) is 0 Å². The van der Waals surface area contributed by atoms with E-state index >= 15 is 0 Å². The third kappa shape index (κ3) is 4.83. The maximum absolute atomic E-state index is 13.2. The Morgan fingerprint density at radius 3 is 2.72 bits per heavy atom. The zero-order valence-electron chi connectivity index (χ0n) is 20.3. The van der Waals surface area contributed by atoms with E-state index in [0.717, 1.165) is 22.0 Å². The quantitative estimate of drug-likeness (QED) is 0.548. The number of carbonyl (C=O) groups is 2. The Hall–Kier alpha value is -3.72. The van der Waals surface area contributed by atoms with E-state index < -0.39 is 12.0 Å². The highest BCUT2D eigenvalue weighted by atomic mass is 32.2. The van der Waals surface area contributed by atoms with Crippen LogP contribution in [0.4, 0.5) is 0 Å². The molecule has 1 amide bonds. The molecule has 0 fully saturated rings. The lowest BCUT2D eigenvalue weighted by Crippen LogP contribution is -2.38. The van der Waals surface area contributed by atoms with Crippen molar-refractivity contribution in [3.63, 3.8) is 0 Å². The summed E-state index contributed by atoms with van der Waals surface area (Å²) in [6, 6.07) is 14.9. The van der Waals surface area contributed by atoms with Crippen molar-refractivity contribution >= 4 is 28.8 Å². The van der Waals surface area contributed by atoms with Gasteiger partial charge in [0.25, 0.3) is 0 Å². The lowest BCUT2D eigenvalue weighted by Gasteiger charge is -2.36. The van der Waals surface area contributed by atoms with Crippen molar-refractivity contribution in [3.8, 4) is 11.5 Å². The van der Waals surface area contributed by atoms with Gasteiger partial charge in [0.1, 0.15) is 0 Å². The monoisotopic (exact) mass is 505 g/mol. The van der Waals surface area contributed by atoms with Crippen molar-refractivity contribution in [1.82, 2.24) is 10.2 Å². The van der Waals surface area contributed by atoms with Gasteiger partial charge in [-0.05, 0) is 49.4 Å². The normalized spacial score (nSPS) is 18.1. The highest BCUT2D eigenvalue weighted by molar-refractivity contribution is 8.16. The molecule has 36 heavy (non-hydrogen) atoms. The summed E-state index contributed by atoms with van der Waals surface area (Å²) < 4.78 is 16.3. The molecule has 0 spiro atoms. The highest BCUT2D eigenvalue weighted by Gasteiger charge is 2.41. The second-order valence-corrected chi connectivity index (χ2v) is 9.74. The minimum absolute atomic E-state index is 0.134. The number of nitrogens with one attached hydrogen (secondary N) is 1. The molecule has 0 aromatic heterocycles. The van der Waals surface area contributed by atoms with Crippen LogP contribution in [0.15, 0.2) is 75.9 Å². The molecule has 0 saturated carbocycles. The van der Waals surface area contributed by atoms with Crippen LogP contribution in [0.25, 0.3) is 0 Å². The van der Waals surface area contributed by atoms with Crippen LogP contribution in [0.5, 0.6) is 11.5 Å². The minimum atomic E-state index is -0.437. The maximum atomic E-state index is 13.2. The van der Waals surface area contributed by atoms with Crippen LogP contribution in [-0.2, 0) is 20.9 Å². The summed E-state index contributed by atoms with van der Waals surface area (Å²) in [5.74, 6) is 0.851. The van der Waals surface area contributed by atoms with E-state index in [4.69, 9.17) is 14.2 Å². The second-order valence-electron chi connectivity index (χ2n) is 8.90. The topological polar surface area (TPSA) is 89.5 Å². The first-order valence-corrected chi connectivity index (χ1v) is 12.6. The van der Waals surface area contributed by atoms with Crippen molar-refractivity contribution in [3.05, 3.63) is 82.0 Å². The Morgan fingerprint density at radius 2 is 1.94 bits per heavy atom. The van der Waals surface area contributed by atoms with Crippen molar-refractivity contribution in [1.29, 1.82) is 0 Å². The molecule has 9 heteroatoms. The van der Waals surface area contributed by atoms with Gasteiger partial charge in [-0.3, -0.25) is 4.79 Å². The first-order valence-electron chi connectivity index (χ1n) is 11.8. The standard InChI is InChI=1S/C27H27N3O5S/c1-16(2)35-26(32)24-17(3)29-27-30(25(24)19-7-5-4-6-8-19)20(14-36-27)12-23(31)28-13-18-9-10-21-22(11-18)34-15-33-21/h4-11,14,16,25H,12-13,15H2,1-3H3,(H,28,31). The van der Waals surface area contributed by atoms with Crippen LogP contribution >= 0.6 is 11.8 Å². The molecule has 0 aliphatic carbocycles. The second kappa shape index (κ2) is 10.1. The number of ether oxygens (including phenoxy) is 3. The number of hydrogen-bond donors (Lipinski definition) is 1. The van der Waals surface area contributed by atoms with Gasteiger partial charge in [-0.1, -0.05) is 48.2 Å². The SMILES string of the molecule is CC1=C(C(=O)OC(C)C)C(c2ccccc2)N2C(CC(=O)NCc3ccc4c(c3)OCO4)=CSC2=N1. The zero-order valence-corrected chi connectivity index (χ0v) is 21.1. The summed E-state index contributed by atoms with van der Waals surface area (Å²) in [4.78, 5) is 32.8. The first kappa shape index (κ1) is 24.0. The molecule has 1 N–H and O–H groups in total. The number of amides is 1. The molecular weight excluding hydrogens is 478 g/mol. The molecule has 1 unspecified atom stereocenters. The van der Waals surface area contributed by atoms with E-state index in [9.17, 15) is 9.59 Å². The predicted molar refractivity (Wildman–Crippen MR) is 137 cm³/mol. The molecule has 3 aliphatic rings. The van der Waals surface area contributed by atoms with Crippen LogP contribution in [0, 0.1) is 0 Å². The van der Waals surface area contributed by atoms with E-state index in [1.165, 1.54) is 11.8 Å². The number of hydrogen-bond acceptors (Lipinski definition) is 8. The molecule has 3 aliphatic heterocycles. The van der Waals surface area contributed by atoms with Gasteiger partial charge >= 0.3 is 5.97 Å². The fourth-order valence-corrected chi connectivity index (χ4v) is 5.30. The van der Waals surface area contributed by atoms with Gasteiger partial charge < -0.3 is 24.4 Å². The van der Waals surface area contributed by atoms with Crippen LogP contribution in [-0.4, -0.2) is 34.8 Å². The first-order chi connectivity index (χ1) is 17.4. The number of rotatable bonds is 7. The number of aliphatic imine (C=N–C) groups is 1. The Bertz CT molecular complexity index is 1290. The Labute approximate surface area is 214 Å². The molecule has 186 valence electrons. The van der Waals surface area contributed by atoms with Gasteiger partial charge in [-0.25, -0.2) is 9.79 Å². The molecule has 3 heterocycles. The largest absolute Gasteiger partial charge is 0.459 e. The number of benzene rings is 2.